The van der Waals surface area contributed by atoms with Crippen LogP contribution in [-0.4, -0.2) is 42.5 Å². The Kier molecular flexibility index (Phi) is 5.03. The molecule has 6 heteroatoms. The van der Waals surface area contributed by atoms with E-state index in [1.54, 1.807) is 18.2 Å². The smallest absolute Gasteiger partial charge is 0.305 e. The predicted octanol–water partition coefficient (Wildman–Crippen LogP) is 1.33. The first-order chi connectivity index (χ1) is 10.0. The van der Waals surface area contributed by atoms with Crippen molar-refractivity contribution in [2.45, 2.75) is 37.5 Å². The summed E-state index contributed by atoms with van der Waals surface area (Å²) in [7, 11) is 3.05. The Labute approximate surface area is 123 Å². The molecule has 2 rings (SSSR count). The maximum atomic E-state index is 11.0. The van der Waals surface area contributed by atoms with E-state index in [2.05, 4.69) is 5.32 Å². The van der Waals surface area contributed by atoms with Gasteiger partial charge in [0.15, 0.2) is 0 Å². The van der Waals surface area contributed by atoms with E-state index in [4.69, 9.17) is 14.6 Å². The Balaban J connectivity index is 2.24. The second kappa shape index (κ2) is 6.78. The number of hydrogen-bond acceptors (Lipinski definition) is 5. The molecule has 0 heterocycles. The van der Waals surface area contributed by atoms with E-state index in [0.29, 0.717) is 23.1 Å². The number of carbonyl (C=O) groups is 1. The minimum Gasteiger partial charge on any atom is -0.497 e. The van der Waals surface area contributed by atoms with Gasteiger partial charge in [0.2, 0.25) is 0 Å². The summed E-state index contributed by atoms with van der Waals surface area (Å²) in [4.78, 5) is 11.0. The topological polar surface area (TPSA) is 88.0 Å². The molecule has 1 fully saturated rings. The number of hydrogen-bond donors (Lipinski definition) is 3. The molecule has 1 saturated carbocycles. The Morgan fingerprint density at radius 3 is 2.62 bits per heavy atom. The summed E-state index contributed by atoms with van der Waals surface area (Å²) in [6, 6.07) is 4.84. The second-order valence-corrected chi connectivity index (χ2v) is 5.20. The standard InChI is InChI=1S/C15H21NO5/c1-20-10-5-6-13(21-2)11(7-10)15(19)12(8-14(17)18)16-9-3-4-9/h5-7,9,12,15-16,19H,3-4,8H2,1-2H3,(H,17,18). The quantitative estimate of drug-likeness (QED) is 0.670. The maximum absolute atomic E-state index is 11.0. The van der Waals surface area contributed by atoms with Gasteiger partial charge in [-0.1, -0.05) is 0 Å². The highest BCUT2D eigenvalue weighted by Crippen LogP contribution is 2.33. The van der Waals surface area contributed by atoms with E-state index in [0.717, 1.165) is 12.8 Å². The van der Waals surface area contributed by atoms with Crippen molar-refractivity contribution in [1.29, 1.82) is 0 Å². The average molecular weight is 295 g/mol. The molecule has 1 aromatic rings. The highest BCUT2D eigenvalue weighted by atomic mass is 16.5. The average Bonchev–Trinajstić information content (AvgIpc) is 3.28. The minimum atomic E-state index is -0.980. The zero-order valence-corrected chi connectivity index (χ0v) is 12.2. The number of aliphatic hydroxyl groups excluding tert-OH is 1. The highest BCUT2D eigenvalue weighted by Gasteiger charge is 2.32. The van der Waals surface area contributed by atoms with E-state index >= 15 is 0 Å². The van der Waals surface area contributed by atoms with Crippen molar-refractivity contribution in [3.63, 3.8) is 0 Å². The molecule has 0 aromatic heterocycles. The van der Waals surface area contributed by atoms with Gasteiger partial charge in [-0.05, 0) is 31.0 Å². The van der Waals surface area contributed by atoms with Crippen LogP contribution in [0.2, 0.25) is 0 Å². The predicted molar refractivity (Wildman–Crippen MR) is 76.7 cm³/mol. The molecule has 2 unspecified atom stereocenters. The van der Waals surface area contributed by atoms with Gasteiger partial charge in [0.1, 0.15) is 11.5 Å². The number of ether oxygens (including phenoxy) is 2. The largest absolute Gasteiger partial charge is 0.497 e. The Bertz CT molecular complexity index is 501. The molecule has 3 N–H and O–H groups in total. The van der Waals surface area contributed by atoms with Crippen LogP contribution in [-0.2, 0) is 4.79 Å². The third-order valence-corrected chi connectivity index (χ3v) is 3.56. The SMILES string of the molecule is COc1ccc(OC)c(C(O)C(CC(=O)O)NC2CC2)c1. The van der Waals surface area contributed by atoms with Gasteiger partial charge < -0.3 is 25.0 Å². The number of methoxy groups -OCH3 is 2. The molecule has 0 bridgehead atoms. The summed E-state index contributed by atoms with van der Waals surface area (Å²) < 4.78 is 10.4. The van der Waals surface area contributed by atoms with Crippen molar-refractivity contribution < 1.29 is 24.5 Å². The third kappa shape index (κ3) is 4.09. The molecule has 2 atom stereocenters. The van der Waals surface area contributed by atoms with Crippen LogP contribution in [0.1, 0.15) is 30.9 Å². The molecule has 0 spiro atoms. The van der Waals surface area contributed by atoms with E-state index in [1.165, 1.54) is 14.2 Å². The minimum absolute atomic E-state index is 0.155. The number of aliphatic carboxylic acids is 1. The van der Waals surface area contributed by atoms with Crippen molar-refractivity contribution in [2.24, 2.45) is 0 Å². The van der Waals surface area contributed by atoms with Gasteiger partial charge in [0, 0.05) is 17.6 Å². The first kappa shape index (κ1) is 15.6. The van der Waals surface area contributed by atoms with Crippen molar-refractivity contribution in [3.05, 3.63) is 23.8 Å². The lowest BCUT2D eigenvalue weighted by Crippen LogP contribution is -2.38. The number of aliphatic hydroxyl groups is 1. The van der Waals surface area contributed by atoms with E-state index in [9.17, 15) is 9.90 Å². The molecular weight excluding hydrogens is 274 g/mol. The molecule has 1 aromatic carbocycles. The third-order valence-electron chi connectivity index (χ3n) is 3.56. The van der Waals surface area contributed by atoms with Crippen LogP contribution < -0.4 is 14.8 Å². The summed E-state index contributed by atoms with van der Waals surface area (Å²) in [5.74, 6) is 0.149. The van der Waals surface area contributed by atoms with Gasteiger partial charge in [-0.2, -0.15) is 0 Å². The number of nitrogens with one attached hydrogen (secondary N) is 1. The lowest BCUT2D eigenvalue weighted by Gasteiger charge is -2.25. The van der Waals surface area contributed by atoms with Crippen LogP contribution in [0.4, 0.5) is 0 Å². The molecule has 0 aliphatic heterocycles. The second-order valence-electron chi connectivity index (χ2n) is 5.20. The molecule has 1 aliphatic rings. The highest BCUT2D eigenvalue weighted by molar-refractivity contribution is 5.67. The normalized spacial score (nSPS) is 17.1. The fourth-order valence-corrected chi connectivity index (χ4v) is 2.29. The Hall–Kier alpha value is -1.79. The number of carboxylic acids is 1. The fraction of sp³-hybridized carbons (Fsp3) is 0.533. The molecule has 116 valence electrons. The Morgan fingerprint density at radius 1 is 1.38 bits per heavy atom. The van der Waals surface area contributed by atoms with Crippen LogP contribution in [0.5, 0.6) is 11.5 Å². The zero-order chi connectivity index (χ0) is 15.4. The van der Waals surface area contributed by atoms with Crippen LogP contribution in [0, 0.1) is 0 Å². The van der Waals surface area contributed by atoms with Crippen LogP contribution >= 0.6 is 0 Å². The summed E-state index contributed by atoms with van der Waals surface area (Å²) in [6.07, 6.45) is 0.889. The summed E-state index contributed by atoms with van der Waals surface area (Å²) >= 11 is 0. The monoisotopic (exact) mass is 295 g/mol. The molecule has 1 aliphatic carbocycles. The van der Waals surface area contributed by atoms with Crippen LogP contribution in [0.25, 0.3) is 0 Å². The van der Waals surface area contributed by atoms with Crippen molar-refractivity contribution >= 4 is 5.97 Å². The van der Waals surface area contributed by atoms with Gasteiger partial charge in [0.05, 0.1) is 26.7 Å². The lowest BCUT2D eigenvalue weighted by molar-refractivity contribution is -0.138. The molecule has 0 radical (unpaired) electrons. The molecule has 0 amide bonds. The molecular formula is C15H21NO5. The summed E-state index contributed by atoms with van der Waals surface area (Å²) in [5, 5.41) is 22.8. The zero-order valence-electron chi connectivity index (χ0n) is 12.2. The number of rotatable bonds is 8. The fourth-order valence-electron chi connectivity index (χ4n) is 2.29. The van der Waals surface area contributed by atoms with Gasteiger partial charge in [-0.3, -0.25) is 4.79 Å². The maximum Gasteiger partial charge on any atom is 0.305 e. The van der Waals surface area contributed by atoms with E-state index < -0.39 is 18.1 Å². The number of carboxylic acid groups (broad SMARTS) is 1. The van der Waals surface area contributed by atoms with Crippen LogP contribution in [0.15, 0.2) is 18.2 Å². The van der Waals surface area contributed by atoms with Crippen LogP contribution in [0.3, 0.4) is 0 Å². The first-order valence-corrected chi connectivity index (χ1v) is 6.93. The van der Waals surface area contributed by atoms with Crippen molar-refractivity contribution in [3.8, 4) is 11.5 Å². The van der Waals surface area contributed by atoms with Gasteiger partial charge in [-0.25, -0.2) is 0 Å². The van der Waals surface area contributed by atoms with E-state index in [-0.39, 0.29) is 6.42 Å². The molecule has 0 saturated heterocycles. The van der Waals surface area contributed by atoms with E-state index in [1.807, 2.05) is 0 Å². The summed E-state index contributed by atoms with van der Waals surface area (Å²) in [5.41, 5.74) is 0.524. The lowest BCUT2D eigenvalue weighted by atomic mass is 9.98. The molecule has 6 nitrogen and oxygen atoms in total. The van der Waals surface area contributed by atoms with Gasteiger partial charge >= 0.3 is 5.97 Å². The van der Waals surface area contributed by atoms with Crippen molar-refractivity contribution in [2.75, 3.05) is 14.2 Å². The van der Waals surface area contributed by atoms with Gasteiger partial charge in [0.25, 0.3) is 0 Å². The van der Waals surface area contributed by atoms with Crippen molar-refractivity contribution in [1.82, 2.24) is 5.32 Å². The first-order valence-electron chi connectivity index (χ1n) is 6.93. The molecule has 21 heavy (non-hydrogen) atoms. The summed E-state index contributed by atoms with van der Waals surface area (Å²) in [6.45, 7) is 0. The Morgan fingerprint density at radius 2 is 2.10 bits per heavy atom. The number of benzene rings is 1. The van der Waals surface area contributed by atoms with Gasteiger partial charge in [-0.15, -0.1) is 0 Å².